The summed E-state index contributed by atoms with van der Waals surface area (Å²) >= 11 is 0. The lowest BCUT2D eigenvalue weighted by molar-refractivity contribution is -0.128. The normalized spacial score (nSPS) is 30.4. The fourth-order valence-corrected chi connectivity index (χ4v) is 1.89. The Balaban J connectivity index is 2.08. The van der Waals surface area contributed by atoms with Gasteiger partial charge in [-0.1, -0.05) is 0 Å². The number of hydrogen-bond donors (Lipinski definition) is 2. The molecular formula is C9H12N2O5. The highest BCUT2D eigenvalue weighted by atomic mass is 16.3. The van der Waals surface area contributed by atoms with Crippen LogP contribution in [-0.2, 0) is 9.59 Å². The number of β-amino-alcohol motifs (C(OH)–C–C–N with tert-alkyl or cyclic N) is 2. The zero-order valence-electron chi connectivity index (χ0n) is 8.50. The summed E-state index contributed by atoms with van der Waals surface area (Å²) in [6, 6.07) is -0.747. The quantitative estimate of drug-likeness (QED) is 0.514. The number of rotatable bonds is 0. The van der Waals surface area contributed by atoms with Crippen LogP contribution in [0.25, 0.3) is 0 Å². The molecule has 0 radical (unpaired) electrons. The molecule has 0 aromatic rings. The molecule has 7 heteroatoms. The molecule has 2 fully saturated rings. The lowest BCUT2D eigenvalue weighted by Gasteiger charge is -2.20. The van der Waals surface area contributed by atoms with Crippen LogP contribution < -0.4 is 0 Å². The molecule has 2 unspecified atom stereocenters. The van der Waals surface area contributed by atoms with Gasteiger partial charge in [0, 0.05) is 0 Å². The van der Waals surface area contributed by atoms with Crippen LogP contribution in [0.5, 0.6) is 0 Å². The van der Waals surface area contributed by atoms with Crippen molar-refractivity contribution in [2.24, 2.45) is 0 Å². The van der Waals surface area contributed by atoms with E-state index < -0.39 is 30.1 Å². The van der Waals surface area contributed by atoms with Crippen LogP contribution in [0.15, 0.2) is 0 Å². The molecule has 0 aromatic heterocycles. The van der Waals surface area contributed by atoms with Gasteiger partial charge in [0.2, 0.25) is 11.8 Å². The number of aliphatic hydroxyl groups is 2. The maximum absolute atomic E-state index is 11.7. The molecule has 0 bridgehead atoms. The van der Waals surface area contributed by atoms with Crippen LogP contribution in [0.3, 0.4) is 0 Å². The van der Waals surface area contributed by atoms with Crippen molar-refractivity contribution in [3.05, 3.63) is 0 Å². The molecule has 7 nitrogen and oxygen atoms in total. The van der Waals surface area contributed by atoms with E-state index in [1.165, 1.54) is 0 Å². The minimum absolute atomic E-state index is 0.0858. The van der Waals surface area contributed by atoms with E-state index in [9.17, 15) is 24.6 Å². The number of hydrogen-bond acceptors (Lipinski definition) is 5. The Morgan fingerprint density at radius 1 is 1.00 bits per heavy atom. The summed E-state index contributed by atoms with van der Waals surface area (Å²) in [4.78, 5) is 36.1. The second-order valence-corrected chi connectivity index (χ2v) is 4.01. The molecule has 2 heterocycles. The van der Waals surface area contributed by atoms with Gasteiger partial charge < -0.3 is 10.2 Å². The molecule has 0 saturated carbocycles. The van der Waals surface area contributed by atoms with Crippen molar-refractivity contribution in [3.8, 4) is 0 Å². The molecule has 0 aromatic carbocycles. The van der Waals surface area contributed by atoms with E-state index in [4.69, 9.17) is 0 Å². The highest BCUT2D eigenvalue weighted by Crippen LogP contribution is 2.18. The molecule has 0 aliphatic carbocycles. The summed E-state index contributed by atoms with van der Waals surface area (Å²) in [5.74, 6) is -0.988. The van der Waals surface area contributed by atoms with Gasteiger partial charge in [-0.15, -0.1) is 0 Å². The van der Waals surface area contributed by atoms with Gasteiger partial charge in [-0.2, -0.15) is 0 Å². The minimum atomic E-state index is -0.862. The van der Waals surface area contributed by atoms with Gasteiger partial charge in [-0.25, -0.2) is 4.79 Å². The number of carbonyl (C=O) groups is 3. The third-order valence-corrected chi connectivity index (χ3v) is 2.67. The summed E-state index contributed by atoms with van der Waals surface area (Å²) in [6.45, 7) is -0.172. The monoisotopic (exact) mass is 228 g/mol. The number of carbonyl (C=O) groups excluding carboxylic acids is 3. The van der Waals surface area contributed by atoms with Gasteiger partial charge in [-0.3, -0.25) is 19.4 Å². The number of amides is 4. The Labute approximate surface area is 91.2 Å². The number of likely N-dealkylation sites (tertiary alicyclic amines) is 2. The SMILES string of the molecule is O=C1CC(O)CN1C(=O)N1CC(O)CC1=O. The van der Waals surface area contributed by atoms with Gasteiger partial charge in [0.15, 0.2) is 0 Å². The van der Waals surface area contributed by atoms with Crippen LogP contribution >= 0.6 is 0 Å². The van der Waals surface area contributed by atoms with E-state index in [1.807, 2.05) is 0 Å². The van der Waals surface area contributed by atoms with Crippen molar-refractivity contribution in [3.63, 3.8) is 0 Å². The first-order valence-corrected chi connectivity index (χ1v) is 5.00. The van der Waals surface area contributed by atoms with E-state index in [1.54, 1.807) is 0 Å². The van der Waals surface area contributed by atoms with Gasteiger partial charge in [0.05, 0.1) is 38.1 Å². The molecule has 4 amide bonds. The summed E-state index contributed by atoms with van der Waals surface area (Å²) in [7, 11) is 0. The van der Waals surface area contributed by atoms with Crippen molar-refractivity contribution >= 4 is 17.8 Å². The average Bonchev–Trinajstić information content (AvgIpc) is 2.68. The highest BCUT2D eigenvalue weighted by Gasteiger charge is 2.40. The molecule has 2 aliphatic heterocycles. The Morgan fingerprint density at radius 3 is 1.62 bits per heavy atom. The third-order valence-electron chi connectivity index (χ3n) is 2.67. The fraction of sp³-hybridized carbons (Fsp3) is 0.667. The summed E-state index contributed by atoms with van der Waals surface area (Å²) in [6.07, 6.45) is -1.93. The minimum Gasteiger partial charge on any atom is -0.391 e. The van der Waals surface area contributed by atoms with Crippen molar-refractivity contribution in [1.82, 2.24) is 9.80 Å². The second kappa shape index (κ2) is 3.84. The Kier molecular flexibility index (Phi) is 2.64. The maximum Gasteiger partial charge on any atom is 0.333 e. The van der Waals surface area contributed by atoms with Crippen LogP contribution in [-0.4, -0.2) is 63.2 Å². The second-order valence-electron chi connectivity index (χ2n) is 4.01. The van der Waals surface area contributed by atoms with Gasteiger partial charge in [-0.05, 0) is 0 Å². The molecular weight excluding hydrogens is 216 g/mol. The van der Waals surface area contributed by atoms with Crippen molar-refractivity contribution in [2.75, 3.05) is 13.1 Å². The van der Waals surface area contributed by atoms with Gasteiger partial charge in [0.1, 0.15) is 0 Å². The average molecular weight is 228 g/mol. The molecule has 16 heavy (non-hydrogen) atoms. The lowest BCUT2D eigenvalue weighted by atomic mass is 10.3. The predicted octanol–water partition coefficient (Wildman–Crippen LogP) is -1.71. The first-order valence-electron chi connectivity index (χ1n) is 5.00. The largest absolute Gasteiger partial charge is 0.391 e. The van der Waals surface area contributed by atoms with Crippen LogP contribution in [0.1, 0.15) is 12.8 Å². The van der Waals surface area contributed by atoms with Crippen molar-refractivity contribution < 1.29 is 24.6 Å². The van der Waals surface area contributed by atoms with Crippen LogP contribution in [0.4, 0.5) is 4.79 Å². The maximum atomic E-state index is 11.7. The molecule has 2 N–H and O–H groups in total. The van der Waals surface area contributed by atoms with Gasteiger partial charge >= 0.3 is 6.03 Å². The number of nitrogens with zero attached hydrogens (tertiary/aromatic N) is 2. The Hall–Kier alpha value is -1.47. The Morgan fingerprint density at radius 2 is 1.38 bits per heavy atom. The van der Waals surface area contributed by atoms with Gasteiger partial charge in [0.25, 0.3) is 0 Å². The highest BCUT2D eigenvalue weighted by molar-refractivity contribution is 6.04. The summed E-state index contributed by atoms with van der Waals surface area (Å²) < 4.78 is 0. The standard InChI is InChI=1S/C9H12N2O5/c12-5-1-7(14)10(3-5)9(16)11-4-6(13)2-8(11)15/h5-6,12-13H,1-4H2. The summed E-state index contributed by atoms with van der Waals surface area (Å²) in [5.41, 5.74) is 0. The van der Waals surface area contributed by atoms with E-state index >= 15 is 0 Å². The summed E-state index contributed by atoms with van der Waals surface area (Å²) in [5, 5.41) is 18.4. The number of aliphatic hydroxyl groups excluding tert-OH is 2. The number of imide groups is 2. The number of urea groups is 1. The first-order chi connectivity index (χ1) is 7.49. The molecule has 2 rings (SSSR count). The van der Waals surface area contributed by atoms with Crippen molar-refractivity contribution in [1.29, 1.82) is 0 Å². The zero-order chi connectivity index (χ0) is 11.9. The van der Waals surface area contributed by atoms with E-state index in [0.29, 0.717) is 0 Å². The predicted molar refractivity (Wildman–Crippen MR) is 50.1 cm³/mol. The molecule has 2 saturated heterocycles. The fourth-order valence-electron chi connectivity index (χ4n) is 1.89. The molecule has 2 atom stereocenters. The van der Waals surface area contributed by atoms with E-state index in [-0.39, 0.29) is 25.9 Å². The van der Waals surface area contributed by atoms with E-state index in [0.717, 1.165) is 9.80 Å². The zero-order valence-corrected chi connectivity index (χ0v) is 8.50. The molecule has 2 aliphatic rings. The smallest absolute Gasteiger partial charge is 0.333 e. The third kappa shape index (κ3) is 1.79. The van der Waals surface area contributed by atoms with Crippen LogP contribution in [0.2, 0.25) is 0 Å². The lowest BCUT2D eigenvalue weighted by Crippen LogP contribution is -2.45. The Bertz CT molecular complexity index is 324. The topological polar surface area (TPSA) is 98.2 Å². The first kappa shape index (κ1) is 11.0. The van der Waals surface area contributed by atoms with Crippen LogP contribution in [0, 0.1) is 0 Å². The molecule has 0 spiro atoms. The van der Waals surface area contributed by atoms with Crippen molar-refractivity contribution in [2.45, 2.75) is 25.0 Å². The molecule has 88 valence electrons. The van der Waals surface area contributed by atoms with E-state index in [2.05, 4.69) is 0 Å².